The van der Waals surface area contributed by atoms with E-state index in [0.29, 0.717) is 18.5 Å². The lowest BCUT2D eigenvalue weighted by molar-refractivity contribution is -0.312. The Labute approximate surface area is 98.6 Å². The van der Waals surface area contributed by atoms with Crippen molar-refractivity contribution in [2.45, 2.75) is 12.5 Å². The van der Waals surface area contributed by atoms with Gasteiger partial charge >= 0.3 is 6.09 Å². The van der Waals surface area contributed by atoms with Gasteiger partial charge in [-0.05, 0) is 17.5 Å². The first-order valence-electron chi connectivity index (χ1n) is 5.28. The number of methoxy groups -OCH3 is 1. The lowest BCUT2D eigenvalue weighted by atomic mass is 9.93. The molecule has 0 saturated carbocycles. The maximum Gasteiger partial charge on any atom is 0.410 e. The number of hydrogen-bond acceptors (Lipinski definition) is 4. The van der Waals surface area contributed by atoms with Gasteiger partial charge < -0.3 is 14.6 Å². The predicted molar refractivity (Wildman–Crippen MR) is 57.0 cm³/mol. The number of benzene rings is 1. The Balaban J connectivity index is 2.43. The van der Waals surface area contributed by atoms with E-state index in [-0.39, 0.29) is 0 Å². The van der Waals surface area contributed by atoms with Crippen molar-refractivity contribution in [1.82, 2.24) is 4.90 Å². The van der Waals surface area contributed by atoms with Crippen molar-refractivity contribution >= 4 is 12.1 Å². The molecule has 0 saturated heterocycles. The number of amides is 1. The summed E-state index contributed by atoms with van der Waals surface area (Å²) in [6.45, 7) is 0.322. The molecule has 5 heteroatoms. The van der Waals surface area contributed by atoms with Gasteiger partial charge in [-0.25, -0.2) is 4.79 Å². The first kappa shape index (κ1) is 11.4. The van der Waals surface area contributed by atoms with Crippen molar-refractivity contribution in [3.63, 3.8) is 0 Å². The number of carboxylic acids is 1. The molecule has 1 unspecified atom stereocenters. The minimum Gasteiger partial charge on any atom is -0.548 e. The average molecular weight is 234 g/mol. The molecule has 90 valence electrons. The van der Waals surface area contributed by atoms with E-state index in [0.717, 1.165) is 5.56 Å². The van der Waals surface area contributed by atoms with Crippen LogP contribution in [-0.2, 0) is 16.0 Å². The lowest BCUT2D eigenvalue weighted by Gasteiger charge is -2.36. The molecule has 0 radical (unpaired) electrons. The van der Waals surface area contributed by atoms with Crippen LogP contribution in [-0.4, -0.2) is 30.6 Å². The van der Waals surface area contributed by atoms with Gasteiger partial charge in [-0.3, -0.25) is 4.90 Å². The summed E-state index contributed by atoms with van der Waals surface area (Å²) < 4.78 is 4.58. The SMILES string of the molecule is COC(=O)N1CCc2ccccc2C1C(=O)[O-]. The van der Waals surface area contributed by atoms with Crippen molar-refractivity contribution in [1.29, 1.82) is 0 Å². The number of carbonyl (C=O) groups excluding carboxylic acids is 2. The molecule has 0 spiro atoms. The summed E-state index contributed by atoms with van der Waals surface area (Å²) in [5, 5.41) is 11.2. The van der Waals surface area contributed by atoms with Crippen LogP contribution in [0.4, 0.5) is 4.79 Å². The number of hydrogen-bond donors (Lipinski definition) is 0. The highest BCUT2D eigenvalue weighted by Crippen LogP contribution is 2.29. The molecule has 1 aliphatic heterocycles. The smallest absolute Gasteiger partial charge is 0.410 e. The van der Waals surface area contributed by atoms with Gasteiger partial charge in [-0.15, -0.1) is 0 Å². The van der Waals surface area contributed by atoms with Crippen molar-refractivity contribution in [3.8, 4) is 0 Å². The molecule has 2 rings (SSSR count). The van der Waals surface area contributed by atoms with Gasteiger partial charge in [0.05, 0.1) is 13.1 Å². The molecule has 0 aromatic heterocycles. The Bertz CT molecular complexity index is 458. The predicted octanol–water partition coefficient (Wildman–Crippen LogP) is 0.102. The normalized spacial score (nSPS) is 18.4. The van der Waals surface area contributed by atoms with Crippen LogP contribution in [0.1, 0.15) is 17.2 Å². The van der Waals surface area contributed by atoms with Crippen LogP contribution in [0.3, 0.4) is 0 Å². The molecule has 17 heavy (non-hydrogen) atoms. The van der Waals surface area contributed by atoms with E-state index < -0.39 is 18.1 Å². The van der Waals surface area contributed by atoms with Gasteiger partial charge in [0.15, 0.2) is 0 Å². The van der Waals surface area contributed by atoms with Crippen LogP contribution in [0.25, 0.3) is 0 Å². The molecule has 1 aliphatic rings. The number of nitrogens with zero attached hydrogens (tertiary/aromatic N) is 1. The fourth-order valence-electron chi connectivity index (χ4n) is 2.13. The fourth-order valence-corrected chi connectivity index (χ4v) is 2.13. The molecule has 5 nitrogen and oxygen atoms in total. The van der Waals surface area contributed by atoms with Crippen molar-refractivity contribution in [3.05, 3.63) is 35.4 Å². The van der Waals surface area contributed by atoms with Gasteiger partial charge in [0, 0.05) is 6.54 Å². The van der Waals surface area contributed by atoms with Gasteiger partial charge in [-0.1, -0.05) is 24.3 Å². The average Bonchev–Trinajstić information content (AvgIpc) is 2.36. The standard InChI is InChI=1S/C12H13NO4/c1-17-12(16)13-7-6-8-4-2-3-5-9(8)10(13)11(14)15/h2-5,10H,6-7H2,1H3,(H,14,15)/p-1. The second kappa shape index (κ2) is 4.45. The highest BCUT2D eigenvalue weighted by molar-refractivity contribution is 5.81. The topological polar surface area (TPSA) is 69.7 Å². The van der Waals surface area contributed by atoms with Crippen molar-refractivity contribution < 1.29 is 19.4 Å². The van der Waals surface area contributed by atoms with Gasteiger partial charge in [0.2, 0.25) is 0 Å². The maximum atomic E-state index is 11.5. The number of aliphatic carboxylic acids is 1. The van der Waals surface area contributed by atoms with Crippen LogP contribution in [0.2, 0.25) is 0 Å². The van der Waals surface area contributed by atoms with E-state index >= 15 is 0 Å². The molecule has 1 aromatic rings. The Morgan fingerprint density at radius 3 is 2.76 bits per heavy atom. The summed E-state index contributed by atoms with van der Waals surface area (Å²) in [6.07, 6.45) is -0.0246. The first-order chi connectivity index (χ1) is 8.15. The number of fused-ring (bicyclic) bond motifs is 1. The molecule has 0 fully saturated rings. The van der Waals surface area contributed by atoms with Crippen LogP contribution in [0, 0.1) is 0 Å². The highest BCUT2D eigenvalue weighted by Gasteiger charge is 2.31. The quantitative estimate of drug-likeness (QED) is 0.691. The Morgan fingerprint density at radius 2 is 2.12 bits per heavy atom. The van der Waals surface area contributed by atoms with Crippen LogP contribution in [0.15, 0.2) is 24.3 Å². The van der Waals surface area contributed by atoms with E-state index in [1.165, 1.54) is 12.0 Å². The molecule has 1 heterocycles. The third-order valence-corrected chi connectivity index (χ3v) is 2.92. The number of ether oxygens (including phenoxy) is 1. The zero-order valence-electron chi connectivity index (χ0n) is 9.38. The summed E-state index contributed by atoms with van der Waals surface area (Å²) in [4.78, 5) is 23.9. The maximum absolute atomic E-state index is 11.5. The van der Waals surface area contributed by atoms with Crippen molar-refractivity contribution in [2.75, 3.05) is 13.7 Å². The second-order valence-corrected chi connectivity index (χ2v) is 3.83. The van der Waals surface area contributed by atoms with Crippen molar-refractivity contribution in [2.24, 2.45) is 0 Å². The molecule has 1 amide bonds. The van der Waals surface area contributed by atoms with E-state index in [1.807, 2.05) is 12.1 Å². The molecular formula is C12H12NO4-. The number of rotatable bonds is 1. The minimum absolute atomic E-state index is 0.322. The third kappa shape index (κ3) is 1.95. The molecule has 0 aliphatic carbocycles. The fraction of sp³-hybridized carbons (Fsp3) is 0.333. The van der Waals surface area contributed by atoms with Crippen LogP contribution < -0.4 is 5.11 Å². The molecule has 1 atom stereocenters. The summed E-state index contributed by atoms with van der Waals surface area (Å²) in [5.74, 6) is -1.29. The van der Waals surface area contributed by atoms with Crippen LogP contribution >= 0.6 is 0 Å². The summed E-state index contributed by atoms with van der Waals surface area (Å²) in [5.41, 5.74) is 1.53. The monoisotopic (exact) mass is 234 g/mol. The summed E-state index contributed by atoms with van der Waals surface area (Å²) in [6, 6.07) is 6.09. The van der Waals surface area contributed by atoms with Crippen LogP contribution in [0.5, 0.6) is 0 Å². The zero-order valence-corrected chi connectivity index (χ0v) is 9.38. The molecule has 1 aromatic carbocycles. The Morgan fingerprint density at radius 1 is 1.41 bits per heavy atom. The Kier molecular flexibility index (Phi) is 2.99. The zero-order chi connectivity index (χ0) is 12.4. The van der Waals surface area contributed by atoms with Gasteiger partial charge in [-0.2, -0.15) is 0 Å². The largest absolute Gasteiger partial charge is 0.548 e. The number of carboxylic acid groups (broad SMARTS) is 1. The van der Waals surface area contributed by atoms with E-state index in [1.54, 1.807) is 12.1 Å². The van der Waals surface area contributed by atoms with E-state index in [4.69, 9.17) is 0 Å². The van der Waals surface area contributed by atoms with Gasteiger partial charge in [0.1, 0.15) is 6.04 Å². The Hall–Kier alpha value is -2.04. The van der Waals surface area contributed by atoms with Gasteiger partial charge in [0.25, 0.3) is 0 Å². The summed E-state index contributed by atoms with van der Waals surface area (Å²) in [7, 11) is 1.23. The van der Waals surface area contributed by atoms with E-state index in [9.17, 15) is 14.7 Å². The number of carbonyl (C=O) groups is 2. The molecule has 0 N–H and O–H groups in total. The third-order valence-electron chi connectivity index (χ3n) is 2.92. The highest BCUT2D eigenvalue weighted by atomic mass is 16.5. The van der Waals surface area contributed by atoms with E-state index in [2.05, 4.69) is 4.74 Å². The lowest BCUT2D eigenvalue weighted by Crippen LogP contribution is -2.48. The second-order valence-electron chi connectivity index (χ2n) is 3.83. The molecule has 0 bridgehead atoms. The minimum atomic E-state index is -1.29. The molecular weight excluding hydrogens is 222 g/mol. The first-order valence-corrected chi connectivity index (χ1v) is 5.28. The summed E-state index contributed by atoms with van der Waals surface area (Å²) >= 11 is 0.